The van der Waals surface area contributed by atoms with Crippen molar-refractivity contribution in [2.45, 2.75) is 30.6 Å². The van der Waals surface area contributed by atoms with Crippen molar-refractivity contribution in [2.24, 2.45) is 10.1 Å². The van der Waals surface area contributed by atoms with Crippen molar-refractivity contribution in [1.29, 1.82) is 0 Å². The van der Waals surface area contributed by atoms with E-state index in [0.717, 1.165) is 52.6 Å². The van der Waals surface area contributed by atoms with Gasteiger partial charge in [0.2, 0.25) is 10.0 Å². The number of primary sulfonamides is 1. The van der Waals surface area contributed by atoms with E-state index in [9.17, 15) is 8.42 Å². The van der Waals surface area contributed by atoms with E-state index in [1.54, 1.807) is 13.1 Å². The molecule has 2 aromatic heterocycles. The summed E-state index contributed by atoms with van der Waals surface area (Å²) in [6.45, 7) is 4.10. The van der Waals surface area contributed by atoms with Crippen LogP contribution >= 0.6 is 35.3 Å². The summed E-state index contributed by atoms with van der Waals surface area (Å²) >= 11 is 1.15. The van der Waals surface area contributed by atoms with Gasteiger partial charge in [0.05, 0.1) is 17.6 Å². The van der Waals surface area contributed by atoms with E-state index in [-0.39, 0.29) is 28.2 Å². The standard InChI is InChI=1S/C18H24N6O2S2.HI/c1-13-23-15-6-3-4-7-16(15)24(13)11-5-10-21-18(20-2)22-12-14-8-9-17(27-14)28(19,25)26;/h3-4,6-9H,5,10-12H2,1-2H3,(H2,19,25,26)(H2,20,21,22);1H. The predicted molar refractivity (Wildman–Crippen MR) is 128 cm³/mol. The van der Waals surface area contributed by atoms with Crippen LogP contribution in [0.25, 0.3) is 11.0 Å². The molecule has 1 aromatic carbocycles. The van der Waals surface area contributed by atoms with Gasteiger partial charge in [-0.3, -0.25) is 4.99 Å². The van der Waals surface area contributed by atoms with E-state index in [4.69, 9.17) is 5.14 Å². The molecular formula is C18H25IN6O2S2. The van der Waals surface area contributed by atoms with Gasteiger partial charge in [0.15, 0.2) is 5.96 Å². The number of sulfonamides is 1. The summed E-state index contributed by atoms with van der Waals surface area (Å²) in [7, 11) is -1.95. The Balaban J connectivity index is 0.00000300. The van der Waals surface area contributed by atoms with Crippen molar-refractivity contribution in [2.75, 3.05) is 13.6 Å². The van der Waals surface area contributed by atoms with Gasteiger partial charge in [-0.1, -0.05) is 12.1 Å². The minimum atomic E-state index is -3.65. The molecule has 0 radical (unpaired) electrons. The maximum atomic E-state index is 11.3. The van der Waals surface area contributed by atoms with E-state index in [1.165, 1.54) is 6.07 Å². The van der Waals surface area contributed by atoms with Gasteiger partial charge in [-0.05, 0) is 37.6 Å². The van der Waals surface area contributed by atoms with E-state index in [1.807, 2.05) is 25.1 Å². The number of halogens is 1. The van der Waals surface area contributed by atoms with Crippen molar-refractivity contribution in [1.82, 2.24) is 20.2 Å². The average Bonchev–Trinajstić information content (AvgIpc) is 3.25. The quantitative estimate of drug-likeness (QED) is 0.182. The summed E-state index contributed by atoms with van der Waals surface area (Å²) in [5.74, 6) is 1.67. The van der Waals surface area contributed by atoms with Crippen LogP contribution in [0, 0.1) is 6.92 Å². The molecule has 0 aliphatic carbocycles. The van der Waals surface area contributed by atoms with Crippen LogP contribution in [0.1, 0.15) is 17.1 Å². The maximum absolute atomic E-state index is 11.3. The number of para-hydroxylation sites is 2. The van der Waals surface area contributed by atoms with Crippen molar-refractivity contribution in [3.63, 3.8) is 0 Å². The number of aryl methyl sites for hydroxylation is 2. The molecule has 0 spiro atoms. The number of guanidine groups is 1. The molecule has 0 saturated carbocycles. The van der Waals surface area contributed by atoms with Crippen LogP contribution in [0.3, 0.4) is 0 Å². The lowest BCUT2D eigenvalue weighted by Gasteiger charge is -2.12. The Hall–Kier alpha value is -1.70. The smallest absolute Gasteiger partial charge is 0.247 e. The number of nitrogens with one attached hydrogen (secondary N) is 2. The zero-order valence-corrected chi connectivity index (χ0v) is 20.2. The predicted octanol–water partition coefficient (Wildman–Crippen LogP) is 2.43. The fourth-order valence-corrected chi connectivity index (χ4v) is 4.64. The minimum Gasteiger partial charge on any atom is -0.356 e. The number of imidazole rings is 1. The number of nitrogens with two attached hydrogens (primary N) is 1. The molecule has 0 aliphatic heterocycles. The number of aliphatic imine (C=N–C) groups is 1. The lowest BCUT2D eigenvalue weighted by atomic mass is 10.3. The van der Waals surface area contributed by atoms with Gasteiger partial charge in [0.1, 0.15) is 10.0 Å². The molecule has 0 unspecified atom stereocenters. The Kier molecular flexibility index (Phi) is 8.43. The first kappa shape index (κ1) is 23.6. The Morgan fingerprint density at radius 2 is 2.00 bits per heavy atom. The monoisotopic (exact) mass is 548 g/mol. The van der Waals surface area contributed by atoms with Gasteiger partial charge in [0.25, 0.3) is 0 Å². The van der Waals surface area contributed by atoms with E-state index >= 15 is 0 Å². The number of thiophene rings is 1. The highest BCUT2D eigenvalue weighted by Crippen LogP contribution is 2.20. The summed E-state index contributed by atoms with van der Waals surface area (Å²) < 4.78 is 25.1. The summed E-state index contributed by atoms with van der Waals surface area (Å²) in [6, 6.07) is 11.4. The molecule has 0 amide bonds. The molecule has 0 saturated heterocycles. The Bertz CT molecular complexity index is 1090. The Morgan fingerprint density at radius 3 is 2.69 bits per heavy atom. The van der Waals surface area contributed by atoms with E-state index in [0.29, 0.717) is 12.5 Å². The van der Waals surface area contributed by atoms with Gasteiger partial charge in [0, 0.05) is 25.0 Å². The minimum absolute atomic E-state index is 0. The van der Waals surface area contributed by atoms with Crippen molar-refractivity contribution in [3.05, 3.63) is 47.1 Å². The number of hydrogen-bond donors (Lipinski definition) is 3. The van der Waals surface area contributed by atoms with Crippen LogP contribution in [0.2, 0.25) is 0 Å². The zero-order chi connectivity index (χ0) is 20.1. The van der Waals surface area contributed by atoms with Gasteiger partial charge < -0.3 is 15.2 Å². The molecule has 2 heterocycles. The molecule has 8 nitrogen and oxygen atoms in total. The SMILES string of the molecule is CN=C(NCCCn1c(C)nc2ccccc21)NCc1ccc(S(N)(=O)=O)s1.I. The molecule has 29 heavy (non-hydrogen) atoms. The average molecular weight is 548 g/mol. The molecule has 0 aliphatic rings. The first-order valence-corrected chi connectivity index (χ1v) is 11.2. The van der Waals surface area contributed by atoms with Crippen LogP contribution in [0.15, 0.2) is 45.6 Å². The van der Waals surface area contributed by atoms with Gasteiger partial charge in [-0.2, -0.15) is 0 Å². The fraction of sp³-hybridized carbons (Fsp3) is 0.333. The number of rotatable bonds is 7. The molecule has 0 bridgehead atoms. The van der Waals surface area contributed by atoms with Crippen LogP contribution in [0.4, 0.5) is 0 Å². The lowest BCUT2D eigenvalue weighted by molar-refractivity contribution is 0.600. The highest BCUT2D eigenvalue weighted by Gasteiger charge is 2.11. The molecule has 11 heteroatoms. The summed E-state index contributed by atoms with van der Waals surface area (Å²) in [6.07, 6.45) is 0.913. The number of hydrogen-bond acceptors (Lipinski definition) is 5. The third-order valence-electron chi connectivity index (χ3n) is 4.27. The normalized spacial score (nSPS) is 12.0. The Labute approximate surface area is 191 Å². The number of benzene rings is 1. The first-order chi connectivity index (χ1) is 13.4. The molecule has 0 fully saturated rings. The van der Waals surface area contributed by atoms with Crippen molar-refractivity contribution < 1.29 is 8.42 Å². The van der Waals surface area contributed by atoms with Gasteiger partial charge in [-0.25, -0.2) is 18.5 Å². The highest BCUT2D eigenvalue weighted by molar-refractivity contribution is 14.0. The molecule has 158 valence electrons. The summed E-state index contributed by atoms with van der Waals surface area (Å²) in [5, 5.41) is 11.6. The highest BCUT2D eigenvalue weighted by atomic mass is 127. The summed E-state index contributed by atoms with van der Waals surface area (Å²) in [4.78, 5) is 9.65. The number of fused-ring (bicyclic) bond motifs is 1. The number of nitrogens with zero attached hydrogens (tertiary/aromatic N) is 3. The largest absolute Gasteiger partial charge is 0.356 e. The number of aromatic nitrogens is 2. The second kappa shape index (κ2) is 10.4. The second-order valence-electron chi connectivity index (χ2n) is 6.27. The van der Waals surface area contributed by atoms with Crippen LogP contribution in [-0.4, -0.2) is 37.5 Å². The van der Waals surface area contributed by atoms with Gasteiger partial charge >= 0.3 is 0 Å². The van der Waals surface area contributed by atoms with E-state index < -0.39 is 10.0 Å². The van der Waals surface area contributed by atoms with E-state index in [2.05, 4.69) is 31.2 Å². The first-order valence-electron chi connectivity index (χ1n) is 8.86. The third kappa shape index (κ3) is 6.14. The van der Waals surface area contributed by atoms with Crippen LogP contribution < -0.4 is 15.8 Å². The maximum Gasteiger partial charge on any atom is 0.247 e. The molecular weight excluding hydrogens is 523 g/mol. The molecule has 3 rings (SSSR count). The van der Waals surface area contributed by atoms with Crippen molar-refractivity contribution in [3.8, 4) is 0 Å². The van der Waals surface area contributed by atoms with Gasteiger partial charge in [-0.15, -0.1) is 35.3 Å². The lowest BCUT2D eigenvalue weighted by Crippen LogP contribution is -2.37. The third-order valence-corrected chi connectivity index (χ3v) is 6.79. The molecule has 3 aromatic rings. The van der Waals surface area contributed by atoms with Crippen LogP contribution in [0.5, 0.6) is 0 Å². The fourth-order valence-electron chi connectivity index (χ4n) is 2.92. The molecule has 4 N–H and O–H groups in total. The second-order valence-corrected chi connectivity index (χ2v) is 9.23. The van der Waals surface area contributed by atoms with Crippen LogP contribution in [-0.2, 0) is 23.1 Å². The Morgan fingerprint density at radius 1 is 1.24 bits per heavy atom. The zero-order valence-electron chi connectivity index (χ0n) is 16.3. The topological polar surface area (TPSA) is 114 Å². The summed E-state index contributed by atoms with van der Waals surface area (Å²) in [5.41, 5.74) is 2.16. The van der Waals surface area contributed by atoms with Crippen molar-refractivity contribution >= 4 is 62.3 Å². The molecule has 0 atom stereocenters.